The third-order valence-corrected chi connectivity index (χ3v) is 6.03. The zero-order valence-electron chi connectivity index (χ0n) is 15.3. The average Bonchev–Trinajstić information content (AvgIpc) is 2.68. The molecule has 1 amide bonds. The number of hydrogen-bond acceptors (Lipinski definition) is 3. The zero-order valence-corrected chi connectivity index (χ0v) is 16.8. The van der Waals surface area contributed by atoms with E-state index in [1.54, 1.807) is 12.1 Å². The molecule has 0 radical (unpaired) electrons. The molecule has 0 saturated heterocycles. The molecule has 1 atom stereocenters. The summed E-state index contributed by atoms with van der Waals surface area (Å²) in [5, 5.41) is 3.79. The summed E-state index contributed by atoms with van der Waals surface area (Å²) in [4.78, 5) is 28.9. The van der Waals surface area contributed by atoms with Gasteiger partial charge in [-0.2, -0.15) is 0 Å². The Morgan fingerprint density at radius 1 is 1.36 bits per heavy atom. The molecule has 2 heterocycles. The SMILES string of the molecule is CC1c2cccc(Br)c2CCN1C(=O)CNc1cc2cc[nH]c(=O)c2cc1F. The number of aromatic amines is 1. The summed E-state index contributed by atoms with van der Waals surface area (Å²) in [7, 11) is 0. The summed E-state index contributed by atoms with van der Waals surface area (Å²) in [6.45, 7) is 2.61. The molecule has 5 nitrogen and oxygen atoms in total. The molecule has 2 aromatic carbocycles. The number of hydrogen-bond donors (Lipinski definition) is 2. The van der Waals surface area contributed by atoms with Crippen molar-refractivity contribution in [2.45, 2.75) is 19.4 Å². The van der Waals surface area contributed by atoms with Gasteiger partial charge in [-0.1, -0.05) is 28.1 Å². The topological polar surface area (TPSA) is 65.2 Å². The van der Waals surface area contributed by atoms with Crippen LogP contribution in [0.25, 0.3) is 10.8 Å². The van der Waals surface area contributed by atoms with Crippen LogP contribution in [-0.2, 0) is 11.2 Å². The van der Waals surface area contributed by atoms with E-state index < -0.39 is 5.82 Å². The van der Waals surface area contributed by atoms with Gasteiger partial charge in [0, 0.05) is 17.2 Å². The summed E-state index contributed by atoms with van der Waals surface area (Å²) >= 11 is 3.58. The Bertz CT molecular complexity index is 1130. The third-order valence-electron chi connectivity index (χ3n) is 5.29. The molecule has 0 fully saturated rings. The Morgan fingerprint density at radius 2 is 2.18 bits per heavy atom. The number of nitrogens with one attached hydrogen (secondary N) is 2. The molecule has 1 aromatic heterocycles. The second kappa shape index (κ2) is 7.39. The van der Waals surface area contributed by atoms with Crippen LogP contribution < -0.4 is 10.9 Å². The van der Waals surface area contributed by atoms with Crippen molar-refractivity contribution in [3.63, 3.8) is 0 Å². The molecular weight excluding hydrogens is 425 g/mol. The van der Waals surface area contributed by atoms with Crippen molar-refractivity contribution in [3.8, 4) is 0 Å². The standard InChI is InChI=1S/C21H19BrFN3O2/c1-12-14-3-2-4-17(22)15(14)6-8-26(12)20(27)11-25-19-9-13-5-7-24-21(28)16(13)10-18(19)23/h2-5,7,9-10,12,25H,6,8,11H2,1H3,(H,24,28). The van der Waals surface area contributed by atoms with Gasteiger partial charge >= 0.3 is 0 Å². The smallest absolute Gasteiger partial charge is 0.255 e. The lowest BCUT2D eigenvalue weighted by Gasteiger charge is -2.36. The van der Waals surface area contributed by atoms with Gasteiger partial charge in [-0.05, 0) is 54.1 Å². The fourth-order valence-corrected chi connectivity index (χ4v) is 4.36. The molecule has 2 N–H and O–H groups in total. The second-order valence-corrected chi connectivity index (χ2v) is 7.75. The highest BCUT2D eigenvalue weighted by atomic mass is 79.9. The van der Waals surface area contributed by atoms with Crippen molar-refractivity contribution in [2.24, 2.45) is 0 Å². The predicted molar refractivity (Wildman–Crippen MR) is 111 cm³/mol. The maximum atomic E-state index is 14.4. The van der Waals surface area contributed by atoms with E-state index in [9.17, 15) is 14.0 Å². The Morgan fingerprint density at radius 3 is 3.00 bits per heavy atom. The van der Waals surface area contributed by atoms with Crippen molar-refractivity contribution in [3.05, 3.63) is 74.4 Å². The van der Waals surface area contributed by atoms with Gasteiger partial charge in [0.2, 0.25) is 5.91 Å². The van der Waals surface area contributed by atoms with E-state index >= 15 is 0 Å². The fourth-order valence-electron chi connectivity index (χ4n) is 3.78. The minimum absolute atomic E-state index is 0.0146. The predicted octanol–water partition coefficient (Wildman–Crippen LogP) is 3.99. The van der Waals surface area contributed by atoms with Gasteiger partial charge < -0.3 is 15.2 Å². The molecule has 1 aliphatic heterocycles. The maximum absolute atomic E-state index is 14.4. The summed E-state index contributed by atoms with van der Waals surface area (Å²) in [5.74, 6) is -0.651. The maximum Gasteiger partial charge on any atom is 0.255 e. The van der Waals surface area contributed by atoms with Crippen LogP contribution in [0.5, 0.6) is 0 Å². The Labute approximate surface area is 169 Å². The summed E-state index contributed by atoms with van der Waals surface area (Å²) in [6, 6.07) is 10.4. The van der Waals surface area contributed by atoms with Gasteiger partial charge in [0.25, 0.3) is 5.56 Å². The number of aromatic nitrogens is 1. The lowest BCUT2D eigenvalue weighted by molar-refractivity contribution is -0.131. The first-order valence-corrected chi connectivity index (χ1v) is 9.86. The minimum atomic E-state index is -0.557. The lowest BCUT2D eigenvalue weighted by Crippen LogP contribution is -2.41. The molecule has 0 aliphatic carbocycles. The van der Waals surface area contributed by atoms with Crippen molar-refractivity contribution >= 4 is 38.3 Å². The van der Waals surface area contributed by atoms with Crippen LogP contribution in [0.2, 0.25) is 0 Å². The van der Waals surface area contributed by atoms with E-state index in [1.807, 2.05) is 30.0 Å². The molecule has 144 valence electrons. The van der Waals surface area contributed by atoms with E-state index in [0.29, 0.717) is 11.9 Å². The molecule has 28 heavy (non-hydrogen) atoms. The molecule has 0 spiro atoms. The molecule has 7 heteroatoms. The first-order chi connectivity index (χ1) is 13.5. The van der Waals surface area contributed by atoms with Crippen LogP contribution in [0.15, 0.2) is 51.9 Å². The van der Waals surface area contributed by atoms with E-state index in [-0.39, 0.29) is 35.1 Å². The van der Waals surface area contributed by atoms with Crippen LogP contribution in [0.1, 0.15) is 24.1 Å². The van der Waals surface area contributed by atoms with Crippen molar-refractivity contribution in [2.75, 3.05) is 18.4 Å². The number of nitrogens with zero attached hydrogens (tertiary/aromatic N) is 1. The van der Waals surface area contributed by atoms with Crippen LogP contribution in [0, 0.1) is 5.82 Å². The van der Waals surface area contributed by atoms with E-state index in [1.165, 1.54) is 17.8 Å². The van der Waals surface area contributed by atoms with Gasteiger partial charge in [-0.25, -0.2) is 4.39 Å². The molecule has 0 bridgehead atoms. The first kappa shape index (κ1) is 18.7. The van der Waals surface area contributed by atoms with Crippen LogP contribution in [0.3, 0.4) is 0 Å². The van der Waals surface area contributed by atoms with E-state index in [4.69, 9.17) is 0 Å². The first-order valence-electron chi connectivity index (χ1n) is 9.07. The summed E-state index contributed by atoms with van der Waals surface area (Å²) in [6.07, 6.45) is 2.29. The number of halogens is 2. The zero-order chi connectivity index (χ0) is 19.8. The average molecular weight is 444 g/mol. The molecule has 4 rings (SSSR count). The van der Waals surface area contributed by atoms with Gasteiger partial charge in [-0.15, -0.1) is 0 Å². The molecule has 1 unspecified atom stereocenters. The van der Waals surface area contributed by atoms with Crippen molar-refractivity contribution in [1.82, 2.24) is 9.88 Å². The number of carbonyl (C=O) groups excluding carboxylic acids is 1. The number of amides is 1. The highest BCUT2D eigenvalue weighted by molar-refractivity contribution is 9.10. The molecular formula is C21H19BrFN3O2. The summed E-state index contributed by atoms with van der Waals surface area (Å²) in [5.41, 5.74) is 2.23. The van der Waals surface area contributed by atoms with Crippen LogP contribution >= 0.6 is 15.9 Å². The highest BCUT2D eigenvalue weighted by Gasteiger charge is 2.28. The largest absolute Gasteiger partial charge is 0.374 e. The monoisotopic (exact) mass is 443 g/mol. The number of anilines is 1. The number of H-pyrrole nitrogens is 1. The quantitative estimate of drug-likeness (QED) is 0.642. The molecule has 0 saturated carbocycles. The van der Waals surface area contributed by atoms with Crippen molar-refractivity contribution in [1.29, 1.82) is 0 Å². The Kier molecular flexibility index (Phi) is 4.93. The van der Waals surface area contributed by atoms with Gasteiger partial charge in [-0.3, -0.25) is 9.59 Å². The number of carbonyl (C=O) groups is 1. The number of pyridine rings is 1. The van der Waals surface area contributed by atoms with E-state index in [2.05, 4.69) is 26.2 Å². The van der Waals surface area contributed by atoms with Gasteiger partial charge in [0.15, 0.2) is 0 Å². The lowest BCUT2D eigenvalue weighted by atomic mass is 9.93. The second-order valence-electron chi connectivity index (χ2n) is 6.90. The summed E-state index contributed by atoms with van der Waals surface area (Å²) < 4.78 is 15.4. The van der Waals surface area contributed by atoms with Gasteiger partial charge in [0.1, 0.15) is 5.82 Å². The molecule has 3 aromatic rings. The Hall–Kier alpha value is -2.67. The minimum Gasteiger partial charge on any atom is -0.374 e. The number of benzene rings is 2. The fraction of sp³-hybridized carbons (Fsp3) is 0.238. The normalized spacial score (nSPS) is 16.1. The van der Waals surface area contributed by atoms with Crippen LogP contribution in [0.4, 0.5) is 10.1 Å². The van der Waals surface area contributed by atoms with Crippen LogP contribution in [-0.4, -0.2) is 28.9 Å². The van der Waals surface area contributed by atoms with Gasteiger partial charge in [0.05, 0.1) is 23.7 Å². The Balaban J connectivity index is 1.51. The van der Waals surface area contributed by atoms with E-state index in [0.717, 1.165) is 16.5 Å². The van der Waals surface area contributed by atoms with Crippen molar-refractivity contribution < 1.29 is 9.18 Å². The highest BCUT2D eigenvalue weighted by Crippen LogP contribution is 2.33. The third kappa shape index (κ3) is 3.30. The number of fused-ring (bicyclic) bond motifs is 2. The molecule has 1 aliphatic rings. The number of rotatable bonds is 3.